The lowest BCUT2D eigenvalue weighted by molar-refractivity contribution is 0.307. The summed E-state index contributed by atoms with van der Waals surface area (Å²) in [6, 6.07) is 18.8. The molecule has 3 aromatic carbocycles. The van der Waals surface area contributed by atoms with E-state index < -0.39 is 0 Å². The van der Waals surface area contributed by atoms with Gasteiger partial charge in [0, 0.05) is 11.8 Å². The molecule has 0 aliphatic rings. The summed E-state index contributed by atoms with van der Waals surface area (Å²) in [5.41, 5.74) is 1.13. The van der Waals surface area contributed by atoms with Crippen LogP contribution in [-0.2, 0) is 0 Å². The third kappa shape index (κ3) is 2.23. The summed E-state index contributed by atoms with van der Waals surface area (Å²) in [6.07, 6.45) is 1.88. The molecule has 2 heteroatoms. The molecule has 3 rings (SSSR count). The second kappa shape index (κ2) is 5.21. The first kappa shape index (κ1) is 11.9. The molecule has 0 aromatic heterocycles. The van der Waals surface area contributed by atoms with E-state index in [1.54, 1.807) is 0 Å². The van der Waals surface area contributed by atoms with E-state index >= 15 is 0 Å². The number of hydrogen-bond acceptors (Lipinski definition) is 2. The Morgan fingerprint density at radius 3 is 2.05 bits per heavy atom. The lowest BCUT2D eigenvalue weighted by Crippen LogP contribution is -1.92. The van der Waals surface area contributed by atoms with E-state index in [0.29, 0.717) is 6.54 Å². The van der Waals surface area contributed by atoms with Gasteiger partial charge >= 0.3 is 0 Å². The van der Waals surface area contributed by atoms with E-state index in [0.717, 1.165) is 5.56 Å². The summed E-state index contributed by atoms with van der Waals surface area (Å²) in [5, 5.41) is 13.7. The molecule has 0 spiro atoms. The molecule has 0 unspecified atom stereocenters. The maximum Gasteiger partial charge on any atom is 0.0626 e. The molecule has 19 heavy (non-hydrogen) atoms. The van der Waals surface area contributed by atoms with E-state index in [1.807, 2.05) is 30.5 Å². The molecule has 0 aliphatic heterocycles. The molecule has 0 radical (unpaired) electrons. The molecule has 0 heterocycles. The van der Waals surface area contributed by atoms with Crippen LogP contribution < -0.4 is 0 Å². The van der Waals surface area contributed by atoms with E-state index in [1.165, 1.54) is 21.5 Å². The Bertz CT molecular complexity index is 692. The Morgan fingerprint density at radius 1 is 0.895 bits per heavy atom. The normalized spacial score (nSPS) is 11.6. The van der Waals surface area contributed by atoms with Crippen LogP contribution in [0.25, 0.3) is 21.5 Å². The quantitative estimate of drug-likeness (QED) is 0.560. The topological polar surface area (TPSA) is 32.6 Å². The summed E-state index contributed by atoms with van der Waals surface area (Å²) in [5.74, 6) is 0. The zero-order valence-electron chi connectivity index (χ0n) is 10.6. The van der Waals surface area contributed by atoms with Gasteiger partial charge < -0.3 is 5.11 Å². The molecule has 0 bridgehead atoms. The SMILES string of the molecule is OCCN=Cc1c2ccccc2cc2ccccc12. The second-order valence-corrected chi connectivity index (χ2v) is 4.49. The molecule has 0 saturated heterocycles. The van der Waals surface area contributed by atoms with Gasteiger partial charge in [-0.05, 0) is 27.6 Å². The van der Waals surface area contributed by atoms with Crippen molar-refractivity contribution in [2.24, 2.45) is 4.99 Å². The summed E-state index contributed by atoms with van der Waals surface area (Å²) in [7, 11) is 0. The van der Waals surface area contributed by atoms with Crippen molar-refractivity contribution < 1.29 is 5.11 Å². The minimum atomic E-state index is 0.0825. The fourth-order valence-corrected chi connectivity index (χ4v) is 2.40. The zero-order chi connectivity index (χ0) is 13.1. The first-order valence-electron chi connectivity index (χ1n) is 6.41. The summed E-state index contributed by atoms with van der Waals surface area (Å²) >= 11 is 0. The van der Waals surface area contributed by atoms with Crippen molar-refractivity contribution in [3.8, 4) is 0 Å². The number of nitrogens with zero attached hydrogens (tertiary/aromatic N) is 1. The molecule has 0 aliphatic carbocycles. The molecule has 94 valence electrons. The molecular formula is C17H15NO. The van der Waals surface area contributed by atoms with Crippen LogP contribution in [0.1, 0.15) is 5.56 Å². The minimum absolute atomic E-state index is 0.0825. The predicted molar refractivity (Wildman–Crippen MR) is 81.0 cm³/mol. The van der Waals surface area contributed by atoms with Crippen LogP contribution in [-0.4, -0.2) is 24.5 Å². The number of aliphatic hydroxyl groups excluding tert-OH is 1. The number of fused-ring (bicyclic) bond motifs is 2. The number of hydrogen-bond donors (Lipinski definition) is 1. The molecule has 0 amide bonds. The molecule has 0 fully saturated rings. The van der Waals surface area contributed by atoms with Gasteiger partial charge in [0.2, 0.25) is 0 Å². The number of rotatable bonds is 3. The van der Waals surface area contributed by atoms with Crippen molar-refractivity contribution in [2.45, 2.75) is 0 Å². The maximum atomic E-state index is 8.86. The third-order valence-corrected chi connectivity index (χ3v) is 3.26. The average molecular weight is 249 g/mol. The van der Waals surface area contributed by atoms with Gasteiger partial charge in [-0.15, -0.1) is 0 Å². The Balaban J connectivity index is 2.33. The molecule has 1 N–H and O–H groups in total. The fourth-order valence-electron chi connectivity index (χ4n) is 2.40. The van der Waals surface area contributed by atoms with Crippen LogP contribution in [0, 0.1) is 0 Å². The van der Waals surface area contributed by atoms with Gasteiger partial charge in [-0.25, -0.2) is 0 Å². The zero-order valence-corrected chi connectivity index (χ0v) is 10.6. The van der Waals surface area contributed by atoms with E-state index in [-0.39, 0.29) is 6.61 Å². The first-order valence-corrected chi connectivity index (χ1v) is 6.41. The first-order chi connectivity index (χ1) is 9.40. The minimum Gasteiger partial charge on any atom is -0.394 e. The summed E-state index contributed by atoms with van der Waals surface area (Å²) in [6.45, 7) is 0.525. The van der Waals surface area contributed by atoms with Gasteiger partial charge in [-0.1, -0.05) is 48.5 Å². The van der Waals surface area contributed by atoms with Gasteiger partial charge in [0.15, 0.2) is 0 Å². The largest absolute Gasteiger partial charge is 0.394 e. The Morgan fingerprint density at radius 2 is 1.47 bits per heavy atom. The highest BCUT2D eigenvalue weighted by molar-refractivity contribution is 6.13. The van der Waals surface area contributed by atoms with Crippen LogP contribution in [0.3, 0.4) is 0 Å². The fraction of sp³-hybridized carbons (Fsp3) is 0.118. The number of aliphatic imine (C=N–C) groups is 1. The Kier molecular flexibility index (Phi) is 3.25. The lowest BCUT2D eigenvalue weighted by atomic mass is 9.97. The Labute approximate surface area is 112 Å². The van der Waals surface area contributed by atoms with E-state index in [4.69, 9.17) is 5.11 Å². The van der Waals surface area contributed by atoms with Crippen LogP contribution in [0.2, 0.25) is 0 Å². The highest BCUT2D eigenvalue weighted by Crippen LogP contribution is 2.27. The summed E-state index contributed by atoms with van der Waals surface area (Å²) in [4.78, 5) is 4.29. The number of benzene rings is 3. The van der Waals surface area contributed by atoms with Crippen LogP contribution in [0.5, 0.6) is 0 Å². The predicted octanol–water partition coefficient (Wildman–Crippen LogP) is 3.40. The van der Waals surface area contributed by atoms with Crippen molar-refractivity contribution in [3.63, 3.8) is 0 Å². The van der Waals surface area contributed by atoms with Crippen molar-refractivity contribution in [2.75, 3.05) is 13.2 Å². The van der Waals surface area contributed by atoms with Gasteiger partial charge in [0.1, 0.15) is 0 Å². The van der Waals surface area contributed by atoms with E-state index in [9.17, 15) is 0 Å². The summed E-state index contributed by atoms with van der Waals surface area (Å²) < 4.78 is 0. The monoisotopic (exact) mass is 249 g/mol. The van der Waals surface area contributed by atoms with Gasteiger partial charge in [-0.3, -0.25) is 4.99 Å². The number of aliphatic hydroxyl groups is 1. The van der Waals surface area contributed by atoms with Crippen LogP contribution >= 0.6 is 0 Å². The van der Waals surface area contributed by atoms with Crippen molar-refractivity contribution in [1.82, 2.24) is 0 Å². The third-order valence-electron chi connectivity index (χ3n) is 3.26. The van der Waals surface area contributed by atoms with Gasteiger partial charge in [0.25, 0.3) is 0 Å². The molecule has 3 aromatic rings. The molecule has 2 nitrogen and oxygen atoms in total. The highest BCUT2D eigenvalue weighted by Gasteiger charge is 2.04. The molecular weight excluding hydrogens is 234 g/mol. The van der Waals surface area contributed by atoms with Crippen molar-refractivity contribution >= 4 is 27.8 Å². The van der Waals surface area contributed by atoms with Crippen LogP contribution in [0.15, 0.2) is 59.6 Å². The smallest absolute Gasteiger partial charge is 0.0626 e. The second-order valence-electron chi connectivity index (χ2n) is 4.49. The van der Waals surface area contributed by atoms with Gasteiger partial charge in [0.05, 0.1) is 13.2 Å². The molecule has 0 saturated carbocycles. The van der Waals surface area contributed by atoms with E-state index in [2.05, 4.69) is 35.3 Å². The Hall–Kier alpha value is -2.19. The van der Waals surface area contributed by atoms with Crippen LogP contribution in [0.4, 0.5) is 0 Å². The van der Waals surface area contributed by atoms with Crippen molar-refractivity contribution in [3.05, 3.63) is 60.2 Å². The lowest BCUT2D eigenvalue weighted by Gasteiger charge is -2.07. The maximum absolute atomic E-state index is 8.86. The van der Waals surface area contributed by atoms with Crippen molar-refractivity contribution in [1.29, 1.82) is 0 Å². The average Bonchev–Trinajstić information content (AvgIpc) is 2.46. The standard InChI is InChI=1S/C17H15NO/c19-10-9-18-12-17-15-7-3-1-5-13(15)11-14-6-2-4-8-16(14)17/h1-8,11-12,19H,9-10H2. The molecule has 0 atom stereocenters. The highest BCUT2D eigenvalue weighted by atomic mass is 16.3. The van der Waals surface area contributed by atoms with Gasteiger partial charge in [-0.2, -0.15) is 0 Å².